The normalized spacial score (nSPS) is 26.4. The van der Waals surface area contributed by atoms with Crippen LogP contribution in [0.4, 0.5) is 0 Å². The minimum absolute atomic E-state index is 0.195. The molecule has 0 amide bonds. The van der Waals surface area contributed by atoms with Crippen molar-refractivity contribution in [3.63, 3.8) is 0 Å². The molecule has 1 heterocycles. The molecule has 0 spiro atoms. The predicted molar refractivity (Wildman–Crippen MR) is 52.9 cm³/mol. The zero-order valence-corrected chi connectivity index (χ0v) is 8.31. The molecular formula is C11H14N2O. The van der Waals surface area contributed by atoms with Crippen LogP contribution in [0.25, 0.3) is 0 Å². The molecule has 3 heteroatoms. The lowest BCUT2D eigenvalue weighted by molar-refractivity contribution is 0.0896. The van der Waals surface area contributed by atoms with E-state index >= 15 is 0 Å². The van der Waals surface area contributed by atoms with Gasteiger partial charge in [-0.1, -0.05) is 13.3 Å². The van der Waals surface area contributed by atoms with Crippen LogP contribution in [0.5, 0.6) is 0 Å². The van der Waals surface area contributed by atoms with Crippen molar-refractivity contribution in [2.24, 2.45) is 11.8 Å². The van der Waals surface area contributed by atoms with E-state index in [-0.39, 0.29) is 11.7 Å². The van der Waals surface area contributed by atoms with Gasteiger partial charge in [0.25, 0.3) is 0 Å². The summed E-state index contributed by atoms with van der Waals surface area (Å²) in [4.78, 5) is 19.7. The Bertz CT molecular complexity index is 323. The molecule has 1 aromatic heterocycles. The molecule has 1 fully saturated rings. The molecule has 74 valence electrons. The third kappa shape index (κ3) is 1.67. The van der Waals surface area contributed by atoms with Crippen LogP contribution in [0.3, 0.4) is 0 Å². The summed E-state index contributed by atoms with van der Waals surface area (Å²) in [6, 6.07) is 0. The number of hydrogen-bond donors (Lipinski definition) is 0. The van der Waals surface area contributed by atoms with Gasteiger partial charge in [0.05, 0.1) is 5.56 Å². The summed E-state index contributed by atoms with van der Waals surface area (Å²) >= 11 is 0. The number of Topliss-reactive ketones (excluding diaryl/α,β-unsaturated/α-hetero) is 1. The predicted octanol–water partition coefficient (Wildman–Crippen LogP) is 2.10. The van der Waals surface area contributed by atoms with E-state index in [4.69, 9.17) is 0 Å². The van der Waals surface area contributed by atoms with E-state index in [1.165, 1.54) is 19.2 Å². The Hall–Kier alpha value is -1.25. The number of rotatable bonds is 2. The molecule has 2 rings (SSSR count). The number of aromatic nitrogens is 2. The summed E-state index contributed by atoms with van der Waals surface area (Å²) in [6.45, 7) is 2.15. The van der Waals surface area contributed by atoms with Gasteiger partial charge < -0.3 is 0 Å². The first-order chi connectivity index (χ1) is 6.79. The summed E-state index contributed by atoms with van der Waals surface area (Å²) < 4.78 is 0. The molecule has 1 aliphatic rings. The molecular weight excluding hydrogens is 176 g/mol. The zero-order valence-electron chi connectivity index (χ0n) is 8.31. The maximum absolute atomic E-state index is 12.0. The van der Waals surface area contributed by atoms with Gasteiger partial charge in [0.2, 0.25) is 0 Å². The van der Waals surface area contributed by atoms with Gasteiger partial charge in [-0.15, -0.1) is 0 Å². The van der Waals surface area contributed by atoms with Crippen molar-refractivity contribution in [3.8, 4) is 0 Å². The van der Waals surface area contributed by atoms with Crippen molar-refractivity contribution in [1.82, 2.24) is 9.97 Å². The van der Waals surface area contributed by atoms with Crippen molar-refractivity contribution < 1.29 is 4.79 Å². The van der Waals surface area contributed by atoms with Gasteiger partial charge in [0.1, 0.15) is 6.33 Å². The summed E-state index contributed by atoms with van der Waals surface area (Å²) in [6.07, 6.45) is 8.04. The third-order valence-corrected chi connectivity index (χ3v) is 3.04. The van der Waals surface area contributed by atoms with E-state index in [2.05, 4.69) is 16.9 Å². The van der Waals surface area contributed by atoms with Gasteiger partial charge >= 0.3 is 0 Å². The van der Waals surface area contributed by atoms with Gasteiger partial charge in [-0.3, -0.25) is 4.79 Å². The Kier molecular flexibility index (Phi) is 2.57. The van der Waals surface area contributed by atoms with Crippen molar-refractivity contribution >= 4 is 5.78 Å². The lowest BCUT2D eigenvalue weighted by Crippen LogP contribution is -2.17. The van der Waals surface area contributed by atoms with Crippen LogP contribution in [0.15, 0.2) is 18.7 Å². The SMILES string of the molecule is CC1CCCC1C(=O)c1cncnc1. The van der Waals surface area contributed by atoms with Crippen LogP contribution >= 0.6 is 0 Å². The molecule has 1 aromatic rings. The molecule has 0 saturated heterocycles. The van der Waals surface area contributed by atoms with Crippen molar-refractivity contribution in [2.45, 2.75) is 26.2 Å². The van der Waals surface area contributed by atoms with Crippen molar-refractivity contribution in [2.75, 3.05) is 0 Å². The molecule has 3 nitrogen and oxygen atoms in total. The van der Waals surface area contributed by atoms with E-state index in [1.807, 2.05) is 0 Å². The molecule has 2 atom stereocenters. The zero-order chi connectivity index (χ0) is 9.97. The molecule has 1 aliphatic carbocycles. The van der Waals surface area contributed by atoms with Gasteiger partial charge in [-0.2, -0.15) is 0 Å². The molecule has 0 bridgehead atoms. The number of carbonyl (C=O) groups excluding carboxylic acids is 1. The summed E-state index contributed by atoms with van der Waals surface area (Å²) in [7, 11) is 0. The minimum atomic E-state index is 0.195. The Balaban J connectivity index is 2.16. The van der Waals surface area contributed by atoms with E-state index in [0.717, 1.165) is 6.42 Å². The number of carbonyl (C=O) groups is 1. The highest BCUT2D eigenvalue weighted by atomic mass is 16.1. The quantitative estimate of drug-likeness (QED) is 0.671. The van der Waals surface area contributed by atoms with Gasteiger partial charge in [-0.25, -0.2) is 9.97 Å². The van der Waals surface area contributed by atoms with Gasteiger partial charge in [0.15, 0.2) is 5.78 Å². The lowest BCUT2D eigenvalue weighted by Gasteiger charge is -2.12. The van der Waals surface area contributed by atoms with E-state index < -0.39 is 0 Å². The second-order valence-corrected chi connectivity index (χ2v) is 4.01. The maximum atomic E-state index is 12.0. The molecule has 14 heavy (non-hydrogen) atoms. The third-order valence-electron chi connectivity index (χ3n) is 3.04. The largest absolute Gasteiger partial charge is 0.294 e. The van der Waals surface area contributed by atoms with Gasteiger partial charge in [-0.05, 0) is 18.8 Å². The first-order valence-corrected chi connectivity index (χ1v) is 5.08. The monoisotopic (exact) mass is 190 g/mol. The van der Waals surface area contributed by atoms with Crippen LogP contribution < -0.4 is 0 Å². The fourth-order valence-electron chi connectivity index (χ4n) is 2.18. The van der Waals surface area contributed by atoms with Crippen LogP contribution in [0.2, 0.25) is 0 Å². The molecule has 0 radical (unpaired) electrons. The highest BCUT2D eigenvalue weighted by molar-refractivity contribution is 5.97. The molecule has 2 unspecified atom stereocenters. The van der Waals surface area contributed by atoms with Crippen LogP contribution in [-0.2, 0) is 0 Å². The number of nitrogens with zero attached hydrogens (tertiary/aromatic N) is 2. The van der Waals surface area contributed by atoms with E-state index in [1.54, 1.807) is 12.4 Å². The van der Waals surface area contributed by atoms with Crippen LogP contribution in [-0.4, -0.2) is 15.8 Å². The second kappa shape index (κ2) is 3.86. The minimum Gasteiger partial charge on any atom is -0.294 e. The van der Waals surface area contributed by atoms with E-state index in [9.17, 15) is 4.79 Å². The van der Waals surface area contributed by atoms with Crippen LogP contribution in [0, 0.1) is 11.8 Å². The Morgan fingerprint density at radius 1 is 1.36 bits per heavy atom. The Labute approximate surface area is 83.6 Å². The highest BCUT2D eigenvalue weighted by Crippen LogP contribution is 2.33. The fraction of sp³-hybridized carbons (Fsp3) is 0.545. The summed E-state index contributed by atoms with van der Waals surface area (Å²) in [5, 5.41) is 0. The Morgan fingerprint density at radius 2 is 2.07 bits per heavy atom. The average Bonchev–Trinajstić information content (AvgIpc) is 2.65. The molecule has 0 aromatic carbocycles. The first kappa shape index (κ1) is 9.31. The van der Waals surface area contributed by atoms with Crippen molar-refractivity contribution in [3.05, 3.63) is 24.3 Å². The number of hydrogen-bond acceptors (Lipinski definition) is 3. The average molecular weight is 190 g/mol. The summed E-state index contributed by atoms with van der Waals surface area (Å²) in [5.74, 6) is 0.930. The summed E-state index contributed by atoms with van der Waals surface area (Å²) in [5.41, 5.74) is 0.659. The maximum Gasteiger partial charge on any atom is 0.169 e. The topological polar surface area (TPSA) is 42.9 Å². The molecule has 1 saturated carbocycles. The fourth-order valence-corrected chi connectivity index (χ4v) is 2.18. The lowest BCUT2D eigenvalue weighted by atomic mass is 9.91. The van der Waals surface area contributed by atoms with Crippen LogP contribution in [0.1, 0.15) is 36.5 Å². The molecule has 0 aliphatic heterocycles. The first-order valence-electron chi connectivity index (χ1n) is 5.08. The smallest absolute Gasteiger partial charge is 0.169 e. The van der Waals surface area contributed by atoms with E-state index in [0.29, 0.717) is 11.5 Å². The number of ketones is 1. The van der Waals surface area contributed by atoms with Gasteiger partial charge in [0, 0.05) is 18.3 Å². The van der Waals surface area contributed by atoms with Crippen molar-refractivity contribution in [1.29, 1.82) is 0 Å². The standard InChI is InChI=1S/C11H14N2O/c1-8-3-2-4-10(8)11(14)9-5-12-7-13-6-9/h5-8,10H,2-4H2,1H3. The molecule has 0 N–H and O–H groups in total. The second-order valence-electron chi connectivity index (χ2n) is 4.01. The highest BCUT2D eigenvalue weighted by Gasteiger charge is 2.30. The Morgan fingerprint density at radius 3 is 2.64 bits per heavy atom.